The van der Waals surface area contributed by atoms with E-state index in [1.165, 1.54) is 11.8 Å². The molecule has 0 radical (unpaired) electrons. The van der Waals surface area contributed by atoms with Crippen molar-refractivity contribution < 1.29 is 9.90 Å². The number of aliphatic hydroxyl groups excluding tert-OH is 1. The van der Waals surface area contributed by atoms with Crippen LogP contribution in [-0.2, 0) is 7.05 Å². The molecule has 1 fully saturated rings. The number of aliphatic hydroxyl groups is 1. The summed E-state index contributed by atoms with van der Waals surface area (Å²) in [5.41, 5.74) is 4.04. The number of piperidine rings is 1. The zero-order valence-electron chi connectivity index (χ0n) is 17.6. The number of amides is 1. The van der Waals surface area contributed by atoms with Gasteiger partial charge >= 0.3 is 0 Å². The molecule has 0 spiro atoms. The molecule has 1 aliphatic rings. The largest absolute Gasteiger partial charge is 0.400 e. The highest BCUT2D eigenvalue weighted by molar-refractivity contribution is 7.21. The van der Waals surface area contributed by atoms with Gasteiger partial charge < -0.3 is 10.0 Å². The van der Waals surface area contributed by atoms with E-state index in [0.717, 1.165) is 70.3 Å². The molecule has 0 aliphatic carbocycles. The lowest BCUT2D eigenvalue weighted by Gasteiger charge is -2.26. The number of pyridine rings is 1. The van der Waals surface area contributed by atoms with Gasteiger partial charge in [-0.05, 0) is 54.8 Å². The number of hydrogen-bond donors (Lipinski definition) is 1. The highest BCUT2D eigenvalue weighted by Gasteiger charge is 2.23. The predicted octanol–water partition coefficient (Wildman–Crippen LogP) is 4.39. The molecular weight excluding hydrogens is 396 g/mol. The Kier molecular flexibility index (Phi) is 5.83. The number of carbonyl (C=O) groups is 1. The third-order valence-corrected chi connectivity index (χ3v) is 6.83. The van der Waals surface area contributed by atoms with Crippen LogP contribution in [0.5, 0.6) is 0 Å². The zero-order chi connectivity index (χ0) is 21.3. The highest BCUT2D eigenvalue weighted by atomic mass is 32.1. The zero-order valence-corrected chi connectivity index (χ0v) is 18.4. The molecular formula is C23H26N4O2S. The minimum atomic E-state index is 0.193. The second kappa shape index (κ2) is 8.53. The first-order valence-corrected chi connectivity index (χ1v) is 11.0. The average Bonchev–Trinajstić information content (AvgIpc) is 3.33. The third-order valence-electron chi connectivity index (χ3n) is 5.58. The molecule has 0 unspecified atom stereocenters. The van der Waals surface area contributed by atoms with Crippen molar-refractivity contribution in [2.45, 2.75) is 26.2 Å². The van der Waals surface area contributed by atoms with Crippen LogP contribution >= 0.6 is 11.3 Å². The molecule has 3 aromatic heterocycles. The number of rotatable bonds is 2. The van der Waals surface area contributed by atoms with Gasteiger partial charge in [0, 0.05) is 55.3 Å². The number of likely N-dealkylation sites (tertiary alicyclic amines) is 1. The lowest BCUT2D eigenvalue weighted by molar-refractivity contribution is 0.0728. The van der Waals surface area contributed by atoms with Crippen LogP contribution in [0.3, 0.4) is 0 Å². The third kappa shape index (κ3) is 3.70. The van der Waals surface area contributed by atoms with Crippen LogP contribution in [0.15, 0.2) is 36.7 Å². The van der Waals surface area contributed by atoms with E-state index >= 15 is 0 Å². The van der Waals surface area contributed by atoms with Gasteiger partial charge in [0.2, 0.25) is 0 Å². The van der Waals surface area contributed by atoms with E-state index in [0.29, 0.717) is 0 Å². The molecule has 1 amide bonds. The quantitative estimate of drug-likeness (QED) is 0.520. The molecule has 30 heavy (non-hydrogen) atoms. The van der Waals surface area contributed by atoms with Crippen molar-refractivity contribution in [1.82, 2.24) is 19.7 Å². The van der Waals surface area contributed by atoms with E-state index in [1.54, 1.807) is 16.0 Å². The average molecular weight is 423 g/mol. The van der Waals surface area contributed by atoms with E-state index in [4.69, 9.17) is 5.11 Å². The molecule has 0 bridgehead atoms. The van der Waals surface area contributed by atoms with E-state index in [-0.39, 0.29) is 5.91 Å². The maximum absolute atomic E-state index is 13.0. The maximum Gasteiger partial charge on any atom is 0.264 e. The first kappa shape index (κ1) is 20.5. The summed E-state index contributed by atoms with van der Waals surface area (Å²) in [5.74, 6) is 0.193. The summed E-state index contributed by atoms with van der Waals surface area (Å²) in [6, 6.07) is 8.56. The summed E-state index contributed by atoms with van der Waals surface area (Å²) in [5, 5.41) is 13.5. The standard InChI is InChI=1S/C22H22N4OS.CH4O/c1-14-18-7-6-15(16-10-17-13-25(2)24-21(17)23-12-16)11-19(18)28-20(14)22(27)26-8-4-3-5-9-26;1-2/h6-7,10-13H,3-5,8-9H2,1-2H3;2H,1H3. The Morgan fingerprint density at radius 2 is 1.87 bits per heavy atom. The number of aryl methyl sites for hydroxylation is 2. The van der Waals surface area contributed by atoms with Gasteiger partial charge in [-0.25, -0.2) is 4.98 Å². The monoisotopic (exact) mass is 422 g/mol. The van der Waals surface area contributed by atoms with Crippen LogP contribution in [0.25, 0.3) is 32.2 Å². The van der Waals surface area contributed by atoms with E-state index in [1.807, 2.05) is 24.3 Å². The number of hydrogen-bond acceptors (Lipinski definition) is 5. The number of aromatic nitrogens is 3. The Morgan fingerprint density at radius 3 is 2.63 bits per heavy atom. The molecule has 4 heterocycles. The number of nitrogens with zero attached hydrogens (tertiary/aromatic N) is 4. The summed E-state index contributed by atoms with van der Waals surface area (Å²) in [7, 11) is 2.91. The molecule has 1 aliphatic heterocycles. The summed E-state index contributed by atoms with van der Waals surface area (Å²) in [4.78, 5) is 20.4. The smallest absolute Gasteiger partial charge is 0.264 e. The van der Waals surface area contributed by atoms with Gasteiger partial charge in [0.25, 0.3) is 5.91 Å². The highest BCUT2D eigenvalue weighted by Crippen LogP contribution is 2.35. The van der Waals surface area contributed by atoms with Gasteiger partial charge in [-0.2, -0.15) is 5.10 Å². The molecule has 0 saturated carbocycles. The Balaban J connectivity index is 0.00000106. The first-order valence-electron chi connectivity index (χ1n) is 10.2. The Hall–Kier alpha value is -2.77. The maximum atomic E-state index is 13.0. The van der Waals surface area contributed by atoms with Crippen LogP contribution < -0.4 is 0 Å². The van der Waals surface area contributed by atoms with Gasteiger partial charge in [-0.3, -0.25) is 9.48 Å². The van der Waals surface area contributed by atoms with E-state index < -0.39 is 0 Å². The molecule has 4 aromatic rings. The minimum absolute atomic E-state index is 0.193. The Morgan fingerprint density at radius 1 is 1.10 bits per heavy atom. The van der Waals surface area contributed by atoms with Crippen molar-refractivity contribution in [3.8, 4) is 11.1 Å². The van der Waals surface area contributed by atoms with E-state index in [9.17, 15) is 4.79 Å². The Bertz CT molecular complexity index is 1200. The molecule has 1 aromatic carbocycles. The second-order valence-electron chi connectivity index (χ2n) is 7.56. The van der Waals surface area contributed by atoms with Crippen LogP contribution in [0.4, 0.5) is 0 Å². The summed E-state index contributed by atoms with van der Waals surface area (Å²) in [6.07, 6.45) is 7.31. The van der Waals surface area contributed by atoms with Crippen molar-refractivity contribution in [1.29, 1.82) is 0 Å². The van der Waals surface area contributed by atoms with E-state index in [2.05, 4.69) is 41.3 Å². The van der Waals surface area contributed by atoms with Crippen molar-refractivity contribution >= 4 is 38.4 Å². The number of carbonyl (C=O) groups excluding carboxylic acids is 1. The number of fused-ring (bicyclic) bond motifs is 2. The summed E-state index contributed by atoms with van der Waals surface area (Å²) in [6.45, 7) is 3.84. The van der Waals surface area contributed by atoms with Crippen LogP contribution in [0.2, 0.25) is 0 Å². The van der Waals surface area contributed by atoms with Gasteiger partial charge in [0.15, 0.2) is 5.65 Å². The van der Waals surface area contributed by atoms with Crippen LogP contribution in [0, 0.1) is 6.92 Å². The van der Waals surface area contributed by atoms with Gasteiger partial charge in [-0.1, -0.05) is 12.1 Å². The van der Waals surface area contributed by atoms with Gasteiger partial charge in [0.05, 0.1) is 4.88 Å². The minimum Gasteiger partial charge on any atom is -0.400 e. The molecule has 6 nitrogen and oxygen atoms in total. The summed E-state index contributed by atoms with van der Waals surface area (Å²) >= 11 is 1.61. The lowest BCUT2D eigenvalue weighted by Crippen LogP contribution is -2.35. The lowest BCUT2D eigenvalue weighted by atomic mass is 10.0. The number of benzene rings is 1. The molecule has 5 rings (SSSR count). The fourth-order valence-electron chi connectivity index (χ4n) is 4.04. The summed E-state index contributed by atoms with van der Waals surface area (Å²) < 4.78 is 2.94. The van der Waals surface area contributed by atoms with Crippen molar-refractivity contribution in [2.24, 2.45) is 7.05 Å². The van der Waals surface area contributed by atoms with Crippen LogP contribution in [-0.4, -0.2) is 50.9 Å². The fourth-order valence-corrected chi connectivity index (χ4v) is 5.26. The normalized spacial score (nSPS) is 14.1. The molecule has 1 saturated heterocycles. The van der Waals surface area contributed by atoms with Crippen molar-refractivity contribution in [3.05, 3.63) is 47.1 Å². The molecule has 0 atom stereocenters. The molecule has 1 N–H and O–H groups in total. The molecule has 7 heteroatoms. The first-order chi connectivity index (χ1) is 14.6. The second-order valence-corrected chi connectivity index (χ2v) is 8.61. The number of thiophene rings is 1. The fraction of sp³-hybridized carbons (Fsp3) is 0.348. The van der Waals surface area contributed by atoms with Crippen molar-refractivity contribution in [2.75, 3.05) is 20.2 Å². The Labute approximate surface area is 179 Å². The molecule has 156 valence electrons. The SMILES string of the molecule is CO.Cc1c(C(=O)N2CCCCC2)sc2cc(-c3cnc4nn(C)cc4c3)ccc12. The topological polar surface area (TPSA) is 71.2 Å². The van der Waals surface area contributed by atoms with Crippen molar-refractivity contribution in [3.63, 3.8) is 0 Å². The van der Waals surface area contributed by atoms with Gasteiger partial charge in [-0.15, -0.1) is 11.3 Å². The predicted molar refractivity (Wildman–Crippen MR) is 122 cm³/mol. The van der Waals surface area contributed by atoms with Gasteiger partial charge in [0.1, 0.15) is 0 Å². The van der Waals surface area contributed by atoms with Crippen LogP contribution in [0.1, 0.15) is 34.5 Å².